The fourth-order valence-electron chi connectivity index (χ4n) is 4.34. The van der Waals surface area contributed by atoms with Crippen LogP contribution in [0, 0.1) is 11.3 Å². The van der Waals surface area contributed by atoms with Gasteiger partial charge in [0.15, 0.2) is 0 Å². The third-order valence-electron chi connectivity index (χ3n) is 5.97. The zero-order valence-electron chi connectivity index (χ0n) is 17.8. The van der Waals surface area contributed by atoms with Crippen LogP contribution in [0.1, 0.15) is 42.7 Å². The van der Waals surface area contributed by atoms with E-state index in [0.29, 0.717) is 35.6 Å². The Morgan fingerprint density at radius 2 is 1.94 bits per heavy atom. The summed E-state index contributed by atoms with van der Waals surface area (Å²) in [5.41, 5.74) is -1.31. The first kappa shape index (κ1) is 22.2. The SMILES string of the molecule is CC(C)(CC(O)(NCc1cc2ccccc2[nH]1)C(F)(F)F)c1cc(C#N)cc2c1OCC2. The van der Waals surface area contributed by atoms with Gasteiger partial charge in [-0.2, -0.15) is 18.4 Å². The summed E-state index contributed by atoms with van der Waals surface area (Å²) in [7, 11) is 0. The molecule has 1 aliphatic heterocycles. The van der Waals surface area contributed by atoms with E-state index in [9.17, 15) is 23.5 Å². The lowest BCUT2D eigenvalue weighted by Gasteiger charge is -2.38. The molecule has 0 radical (unpaired) electrons. The molecule has 168 valence electrons. The number of rotatable bonds is 6. The normalized spacial score (nSPS) is 15.8. The molecule has 2 heterocycles. The molecule has 1 atom stereocenters. The molecule has 8 heteroatoms. The molecule has 5 nitrogen and oxygen atoms in total. The maximum absolute atomic E-state index is 14.1. The Morgan fingerprint density at radius 1 is 1.19 bits per heavy atom. The van der Waals surface area contributed by atoms with Gasteiger partial charge in [-0.15, -0.1) is 0 Å². The Balaban J connectivity index is 1.63. The quantitative estimate of drug-likeness (QED) is 0.483. The maximum atomic E-state index is 14.1. The molecule has 1 aliphatic rings. The predicted octanol–water partition coefficient (Wildman–Crippen LogP) is 4.68. The number of alkyl halides is 3. The molecule has 0 saturated heterocycles. The van der Waals surface area contributed by atoms with E-state index in [1.54, 1.807) is 32.0 Å². The molecule has 0 saturated carbocycles. The van der Waals surface area contributed by atoms with Crippen LogP contribution in [0.25, 0.3) is 10.9 Å². The zero-order valence-corrected chi connectivity index (χ0v) is 17.8. The molecule has 0 fully saturated rings. The summed E-state index contributed by atoms with van der Waals surface area (Å²) in [5, 5.41) is 23.4. The fourth-order valence-corrected chi connectivity index (χ4v) is 4.34. The molecular formula is C24H24F3N3O2. The summed E-state index contributed by atoms with van der Waals surface area (Å²) in [6, 6.07) is 14.4. The Morgan fingerprint density at radius 3 is 2.62 bits per heavy atom. The lowest BCUT2D eigenvalue weighted by Crippen LogP contribution is -2.59. The number of nitrogens with one attached hydrogen (secondary N) is 2. The number of aromatic amines is 1. The monoisotopic (exact) mass is 443 g/mol. The third-order valence-corrected chi connectivity index (χ3v) is 5.97. The Hall–Kier alpha value is -3.02. The molecule has 0 amide bonds. The molecule has 0 aliphatic carbocycles. The highest BCUT2D eigenvalue weighted by Gasteiger charge is 2.56. The van der Waals surface area contributed by atoms with Gasteiger partial charge in [0.2, 0.25) is 5.72 Å². The van der Waals surface area contributed by atoms with Gasteiger partial charge < -0.3 is 14.8 Å². The third kappa shape index (κ3) is 4.06. The van der Waals surface area contributed by atoms with Gasteiger partial charge >= 0.3 is 6.18 Å². The summed E-state index contributed by atoms with van der Waals surface area (Å²) in [6.07, 6.45) is -4.99. The number of aliphatic hydroxyl groups is 1. The van der Waals surface area contributed by atoms with E-state index in [1.165, 1.54) is 0 Å². The largest absolute Gasteiger partial charge is 0.493 e. The highest BCUT2D eigenvalue weighted by molar-refractivity contribution is 5.80. The van der Waals surface area contributed by atoms with Gasteiger partial charge in [-0.1, -0.05) is 32.0 Å². The zero-order chi connectivity index (χ0) is 23.1. The predicted molar refractivity (Wildman–Crippen MR) is 114 cm³/mol. The summed E-state index contributed by atoms with van der Waals surface area (Å²) in [6.45, 7) is 3.45. The molecule has 32 heavy (non-hydrogen) atoms. The van der Waals surface area contributed by atoms with Crippen LogP contribution in [0.15, 0.2) is 42.5 Å². The number of H-pyrrole nitrogens is 1. The standard InChI is InChI=1S/C24H24F3N3O2/c1-22(2,19-10-15(12-28)9-17-7-8-32-21(17)19)14-23(31,24(25,26)27)29-13-18-11-16-5-3-4-6-20(16)30-18/h3-6,9-11,29-31H,7-8,13-14H2,1-2H3. The first-order chi connectivity index (χ1) is 15.0. The van der Waals surface area contributed by atoms with Gasteiger partial charge in [0.1, 0.15) is 5.75 Å². The average molecular weight is 443 g/mol. The number of aromatic nitrogens is 1. The number of nitriles is 1. The number of ether oxygens (including phenoxy) is 1. The minimum Gasteiger partial charge on any atom is -0.493 e. The van der Waals surface area contributed by atoms with Crippen LogP contribution in [-0.4, -0.2) is 28.6 Å². The second-order valence-electron chi connectivity index (χ2n) is 8.88. The molecule has 0 bridgehead atoms. The van der Waals surface area contributed by atoms with Gasteiger partial charge in [-0.05, 0) is 40.6 Å². The van der Waals surface area contributed by atoms with E-state index >= 15 is 0 Å². The van der Waals surface area contributed by atoms with Crippen molar-refractivity contribution < 1.29 is 23.0 Å². The van der Waals surface area contributed by atoms with Crippen molar-refractivity contribution in [2.45, 2.75) is 50.6 Å². The molecule has 1 unspecified atom stereocenters. The average Bonchev–Trinajstić information content (AvgIpc) is 3.36. The molecule has 3 N–H and O–H groups in total. The van der Waals surface area contributed by atoms with Gasteiger partial charge in [0.05, 0.1) is 18.2 Å². The molecule has 4 rings (SSSR count). The lowest BCUT2D eigenvalue weighted by molar-refractivity contribution is -0.280. The van der Waals surface area contributed by atoms with Crippen LogP contribution in [-0.2, 0) is 18.4 Å². The van der Waals surface area contributed by atoms with Gasteiger partial charge in [0, 0.05) is 36.2 Å². The highest BCUT2D eigenvalue weighted by atomic mass is 19.4. The molecular weight excluding hydrogens is 419 g/mol. The summed E-state index contributed by atoms with van der Waals surface area (Å²) in [5.74, 6) is 0.508. The van der Waals surface area contributed by atoms with Crippen molar-refractivity contribution in [3.05, 3.63) is 64.8 Å². The minimum atomic E-state index is -4.92. The summed E-state index contributed by atoms with van der Waals surface area (Å²) < 4.78 is 47.9. The van der Waals surface area contributed by atoms with E-state index < -0.39 is 23.7 Å². The number of para-hydroxylation sites is 1. The Kier molecular flexibility index (Phi) is 5.43. The van der Waals surface area contributed by atoms with E-state index in [1.807, 2.05) is 24.3 Å². The van der Waals surface area contributed by atoms with E-state index in [4.69, 9.17) is 4.74 Å². The second kappa shape index (κ2) is 7.84. The maximum Gasteiger partial charge on any atom is 0.431 e. The number of hydrogen-bond acceptors (Lipinski definition) is 4. The number of nitrogens with zero attached hydrogens (tertiary/aromatic N) is 1. The second-order valence-corrected chi connectivity index (χ2v) is 8.88. The van der Waals surface area contributed by atoms with E-state index in [2.05, 4.69) is 16.4 Å². The number of hydrogen-bond donors (Lipinski definition) is 3. The molecule has 1 aromatic heterocycles. The fraction of sp³-hybridized carbons (Fsp3) is 0.375. The van der Waals surface area contributed by atoms with Crippen molar-refractivity contribution in [1.82, 2.24) is 10.3 Å². The van der Waals surface area contributed by atoms with Crippen molar-refractivity contribution in [2.75, 3.05) is 6.61 Å². The van der Waals surface area contributed by atoms with Gasteiger partial charge in [-0.25, -0.2) is 0 Å². The van der Waals surface area contributed by atoms with Crippen LogP contribution >= 0.6 is 0 Å². The lowest BCUT2D eigenvalue weighted by atomic mass is 9.76. The topological polar surface area (TPSA) is 81.1 Å². The Bertz CT molecular complexity index is 1160. The van der Waals surface area contributed by atoms with Gasteiger partial charge in [0.25, 0.3) is 0 Å². The van der Waals surface area contributed by atoms with E-state index in [-0.39, 0.29) is 6.54 Å². The van der Waals surface area contributed by atoms with Crippen molar-refractivity contribution in [3.8, 4) is 11.8 Å². The van der Waals surface area contributed by atoms with Crippen LogP contribution in [0.3, 0.4) is 0 Å². The van der Waals surface area contributed by atoms with Crippen molar-refractivity contribution in [2.24, 2.45) is 0 Å². The number of halogens is 3. The molecule has 2 aromatic carbocycles. The van der Waals surface area contributed by atoms with E-state index in [0.717, 1.165) is 16.5 Å². The first-order valence-electron chi connectivity index (χ1n) is 10.3. The van der Waals surface area contributed by atoms with Crippen molar-refractivity contribution in [1.29, 1.82) is 5.26 Å². The van der Waals surface area contributed by atoms with Crippen molar-refractivity contribution in [3.63, 3.8) is 0 Å². The van der Waals surface area contributed by atoms with Crippen LogP contribution < -0.4 is 10.1 Å². The molecule has 0 spiro atoms. The number of fused-ring (bicyclic) bond motifs is 2. The van der Waals surface area contributed by atoms with Gasteiger partial charge in [-0.3, -0.25) is 5.32 Å². The first-order valence-corrected chi connectivity index (χ1v) is 10.3. The number of benzene rings is 2. The Labute approximate surface area is 183 Å². The van der Waals surface area contributed by atoms with Crippen LogP contribution in [0.4, 0.5) is 13.2 Å². The molecule has 3 aromatic rings. The van der Waals surface area contributed by atoms with Crippen molar-refractivity contribution >= 4 is 10.9 Å². The summed E-state index contributed by atoms with van der Waals surface area (Å²) >= 11 is 0. The summed E-state index contributed by atoms with van der Waals surface area (Å²) in [4.78, 5) is 3.07. The minimum absolute atomic E-state index is 0.201. The van der Waals surface area contributed by atoms with Crippen LogP contribution in [0.5, 0.6) is 5.75 Å². The van der Waals surface area contributed by atoms with Crippen LogP contribution in [0.2, 0.25) is 0 Å². The highest BCUT2D eigenvalue weighted by Crippen LogP contribution is 2.45. The smallest absolute Gasteiger partial charge is 0.431 e.